The lowest BCUT2D eigenvalue weighted by atomic mass is 10.4. The number of nitrogens with two attached hydrogens (primary N) is 1. The number of rotatable bonds is 1. The third-order valence-electron chi connectivity index (χ3n) is 0.992. The average molecular weight is 221 g/mol. The molecule has 1 aromatic heterocycles. The Morgan fingerprint density at radius 1 is 1.73 bits per heavy atom. The monoisotopic (exact) mass is 220 g/mol. The van der Waals surface area contributed by atoms with Gasteiger partial charge in [0.1, 0.15) is 0 Å². The number of hydrogen-bond donors (Lipinski definition) is 2. The Morgan fingerprint density at radius 2 is 2.36 bits per heavy atom. The zero-order valence-electron chi connectivity index (χ0n) is 5.32. The van der Waals surface area contributed by atoms with Crippen LogP contribution in [0.1, 0.15) is 10.6 Å². The van der Waals surface area contributed by atoms with E-state index in [9.17, 15) is 4.79 Å². The predicted octanol–water partition coefficient (Wildman–Crippen LogP) is 0.747. The quantitative estimate of drug-likeness (QED) is 0.317. The van der Waals surface area contributed by atoms with Crippen LogP contribution in [0.5, 0.6) is 0 Å². The molecular weight excluding hydrogens is 216 g/mol. The minimum Gasteiger partial charge on any atom is -0.444 e. The van der Waals surface area contributed by atoms with Gasteiger partial charge in [0.25, 0.3) is 0 Å². The normalized spacial score (nSPS) is 9.73. The van der Waals surface area contributed by atoms with Crippen LogP contribution in [0.25, 0.3) is 0 Å². The molecule has 0 radical (unpaired) electrons. The van der Waals surface area contributed by atoms with E-state index in [1.807, 2.05) is 0 Å². The maximum absolute atomic E-state index is 10.8. The number of nitrogens with zero attached hydrogens (tertiary/aromatic N) is 1. The van der Waals surface area contributed by atoms with Crippen molar-refractivity contribution >= 4 is 21.8 Å². The molecule has 0 aliphatic carbocycles. The maximum atomic E-state index is 10.8. The van der Waals surface area contributed by atoms with Crippen molar-refractivity contribution in [2.75, 3.05) is 0 Å². The molecule has 0 aromatic carbocycles. The molecule has 0 unspecified atom stereocenters. The van der Waals surface area contributed by atoms with E-state index in [0.29, 0.717) is 4.67 Å². The van der Waals surface area contributed by atoms with Crippen molar-refractivity contribution in [2.45, 2.75) is 0 Å². The first-order valence-electron chi connectivity index (χ1n) is 2.64. The van der Waals surface area contributed by atoms with Crippen LogP contribution in [0.15, 0.2) is 21.2 Å². The third-order valence-corrected chi connectivity index (χ3v) is 1.42. The van der Waals surface area contributed by atoms with Gasteiger partial charge >= 0.3 is 5.91 Å². The second-order valence-electron chi connectivity index (χ2n) is 1.75. The molecule has 1 heterocycles. The number of carbonyl (C=O) groups is 1. The van der Waals surface area contributed by atoms with Gasteiger partial charge in [0.15, 0.2) is 10.4 Å². The van der Waals surface area contributed by atoms with Crippen molar-refractivity contribution in [1.82, 2.24) is 5.17 Å². The second-order valence-corrected chi connectivity index (χ2v) is 2.54. The molecule has 60 valence electrons. The molecule has 5 nitrogen and oxygen atoms in total. The Hall–Kier alpha value is -0.850. The molecule has 1 aromatic rings. The lowest BCUT2D eigenvalue weighted by Crippen LogP contribution is -2.33. The van der Waals surface area contributed by atoms with Gasteiger partial charge in [-0.15, -0.1) is 5.17 Å². The van der Waals surface area contributed by atoms with Gasteiger partial charge in [-0.3, -0.25) is 10.0 Å². The predicted molar refractivity (Wildman–Crippen MR) is 38.6 cm³/mol. The van der Waals surface area contributed by atoms with Gasteiger partial charge in [0.2, 0.25) is 0 Å². The van der Waals surface area contributed by atoms with E-state index in [1.54, 1.807) is 0 Å². The Bertz CT molecular complexity index is 270. The van der Waals surface area contributed by atoms with Crippen LogP contribution in [0.2, 0.25) is 0 Å². The molecule has 1 amide bonds. The van der Waals surface area contributed by atoms with E-state index in [4.69, 9.17) is 15.5 Å². The summed E-state index contributed by atoms with van der Waals surface area (Å²) in [5.74, 6) is 3.92. The molecular formula is C5H5BrN2O3. The summed E-state index contributed by atoms with van der Waals surface area (Å²) in [4.78, 5) is 10.8. The zero-order chi connectivity index (χ0) is 8.43. The topological polar surface area (TPSA) is 79.7 Å². The summed E-state index contributed by atoms with van der Waals surface area (Å²) in [6.45, 7) is 0. The Labute approximate surface area is 70.4 Å². The highest BCUT2D eigenvalue weighted by molar-refractivity contribution is 9.10. The van der Waals surface area contributed by atoms with Gasteiger partial charge < -0.3 is 4.42 Å². The molecule has 0 spiro atoms. The van der Waals surface area contributed by atoms with Crippen molar-refractivity contribution in [3.63, 3.8) is 0 Å². The van der Waals surface area contributed by atoms with Crippen molar-refractivity contribution in [3.8, 4) is 0 Å². The molecule has 0 saturated carbocycles. The number of hydrazine groups is 1. The zero-order valence-corrected chi connectivity index (χ0v) is 6.91. The Morgan fingerprint density at radius 3 is 2.73 bits per heavy atom. The van der Waals surface area contributed by atoms with Gasteiger partial charge in [-0.1, -0.05) is 0 Å². The largest absolute Gasteiger partial charge is 0.444 e. The van der Waals surface area contributed by atoms with Crippen molar-refractivity contribution in [1.29, 1.82) is 0 Å². The van der Waals surface area contributed by atoms with Gasteiger partial charge in [-0.25, -0.2) is 5.84 Å². The highest BCUT2D eigenvalue weighted by atomic mass is 79.9. The molecule has 6 heteroatoms. The lowest BCUT2D eigenvalue weighted by Gasteiger charge is -2.03. The Kier molecular flexibility index (Phi) is 2.28. The SMILES string of the molecule is NN(O)C(=O)c1ccc(Br)o1. The van der Waals surface area contributed by atoms with Gasteiger partial charge in [-0.2, -0.15) is 0 Å². The minimum atomic E-state index is -0.796. The molecule has 3 N–H and O–H groups in total. The smallest absolute Gasteiger partial charge is 0.327 e. The molecule has 0 saturated heterocycles. The van der Waals surface area contributed by atoms with Crippen LogP contribution in [0, 0.1) is 0 Å². The molecule has 0 aliphatic rings. The van der Waals surface area contributed by atoms with Crippen LogP contribution in [-0.2, 0) is 0 Å². The second kappa shape index (κ2) is 3.04. The summed E-state index contributed by atoms with van der Waals surface area (Å²) >= 11 is 2.99. The van der Waals surface area contributed by atoms with E-state index >= 15 is 0 Å². The van der Waals surface area contributed by atoms with Crippen LogP contribution in [0.3, 0.4) is 0 Å². The lowest BCUT2D eigenvalue weighted by molar-refractivity contribution is -0.0615. The first-order valence-corrected chi connectivity index (χ1v) is 3.44. The third kappa shape index (κ3) is 1.79. The minimum absolute atomic E-state index is 0.0260. The number of hydroxylamine groups is 1. The highest BCUT2D eigenvalue weighted by Crippen LogP contribution is 2.14. The number of amides is 1. The number of halogens is 1. The number of furan rings is 1. The fraction of sp³-hybridized carbons (Fsp3) is 0. The van der Waals surface area contributed by atoms with E-state index < -0.39 is 5.91 Å². The van der Waals surface area contributed by atoms with Crippen LogP contribution in [0.4, 0.5) is 0 Å². The van der Waals surface area contributed by atoms with E-state index in [2.05, 4.69) is 15.9 Å². The standard InChI is InChI=1S/C5H5BrN2O3/c6-4-2-1-3(11-4)5(9)8(7)10/h1-2,10H,7H2. The van der Waals surface area contributed by atoms with E-state index in [0.717, 1.165) is 0 Å². The molecule has 0 bridgehead atoms. The number of carbonyl (C=O) groups excluding carboxylic acids is 1. The van der Waals surface area contributed by atoms with Crippen LogP contribution in [-0.4, -0.2) is 16.3 Å². The van der Waals surface area contributed by atoms with Crippen molar-refractivity contribution < 1.29 is 14.4 Å². The molecule has 0 aliphatic heterocycles. The summed E-state index contributed by atoms with van der Waals surface area (Å²) in [7, 11) is 0. The number of hydrogen-bond acceptors (Lipinski definition) is 4. The van der Waals surface area contributed by atoms with E-state index in [-0.39, 0.29) is 10.9 Å². The molecule has 0 atom stereocenters. The summed E-state index contributed by atoms with van der Waals surface area (Å²) in [6, 6.07) is 2.92. The molecule has 1 rings (SSSR count). The Balaban J connectivity index is 2.85. The summed E-state index contributed by atoms with van der Waals surface area (Å²) in [5.41, 5.74) is 0. The molecule has 11 heavy (non-hydrogen) atoms. The van der Waals surface area contributed by atoms with Gasteiger partial charge in [-0.05, 0) is 28.1 Å². The van der Waals surface area contributed by atoms with E-state index in [1.165, 1.54) is 12.1 Å². The maximum Gasteiger partial charge on any atom is 0.327 e. The van der Waals surface area contributed by atoms with Crippen LogP contribution >= 0.6 is 15.9 Å². The summed E-state index contributed by atoms with van der Waals surface area (Å²) < 4.78 is 5.20. The fourth-order valence-electron chi connectivity index (χ4n) is 0.542. The van der Waals surface area contributed by atoms with Crippen molar-refractivity contribution in [2.24, 2.45) is 5.84 Å². The van der Waals surface area contributed by atoms with Gasteiger partial charge in [0, 0.05) is 0 Å². The first kappa shape index (κ1) is 8.25. The fourth-order valence-corrected chi connectivity index (χ4v) is 0.849. The highest BCUT2D eigenvalue weighted by Gasteiger charge is 2.13. The first-order chi connectivity index (χ1) is 5.11. The van der Waals surface area contributed by atoms with Crippen molar-refractivity contribution in [3.05, 3.63) is 22.6 Å². The molecule has 0 fully saturated rings. The van der Waals surface area contributed by atoms with Crippen LogP contribution < -0.4 is 5.84 Å². The summed E-state index contributed by atoms with van der Waals surface area (Å²) in [5, 5.41) is 8.43. The summed E-state index contributed by atoms with van der Waals surface area (Å²) in [6.07, 6.45) is 0. The van der Waals surface area contributed by atoms with Gasteiger partial charge in [0.05, 0.1) is 0 Å². The average Bonchev–Trinajstić information content (AvgIpc) is 2.34.